The molecule has 24 heavy (non-hydrogen) atoms. The number of halogens is 1. The fourth-order valence-electron chi connectivity index (χ4n) is 2.91. The third kappa shape index (κ3) is 4.07. The van der Waals surface area contributed by atoms with Gasteiger partial charge in [-0.05, 0) is 31.9 Å². The summed E-state index contributed by atoms with van der Waals surface area (Å²) in [4.78, 5) is 20.9. The van der Waals surface area contributed by atoms with Crippen molar-refractivity contribution in [1.82, 2.24) is 15.3 Å². The predicted molar refractivity (Wildman–Crippen MR) is 90.2 cm³/mol. The number of carbonyl (C=O) groups is 1. The Bertz CT molecular complexity index is 729. The molecule has 0 bridgehead atoms. The topological polar surface area (TPSA) is 66.9 Å². The summed E-state index contributed by atoms with van der Waals surface area (Å²) in [6.07, 6.45) is 4.36. The summed E-state index contributed by atoms with van der Waals surface area (Å²) in [6.45, 7) is 2.07. The van der Waals surface area contributed by atoms with Crippen LogP contribution in [0.2, 0.25) is 0 Å². The van der Waals surface area contributed by atoms with E-state index in [0.29, 0.717) is 22.9 Å². The summed E-state index contributed by atoms with van der Waals surface area (Å²) < 4.78 is 13.7. The van der Waals surface area contributed by atoms with Gasteiger partial charge >= 0.3 is 0 Å². The highest BCUT2D eigenvalue weighted by atomic mass is 19.1. The number of aryl methyl sites for hydroxylation is 1. The number of amides is 1. The van der Waals surface area contributed by atoms with E-state index in [1.807, 2.05) is 6.92 Å². The lowest BCUT2D eigenvalue weighted by molar-refractivity contribution is 0.0932. The molecule has 0 radical (unpaired) electrons. The second-order valence-corrected chi connectivity index (χ2v) is 6.12. The van der Waals surface area contributed by atoms with E-state index in [9.17, 15) is 9.18 Å². The van der Waals surface area contributed by atoms with Crippen molar-refractivity contribution < 1.29 is 9.18 Å². The maximum absolute atomic E-state index is 13.7. The maximum atomic E-state index is 13.7. The van der Waals surface area contributed by atoms with Crippen molar-refractivity contribution in [3.8, 4) is 0 Å². The largest absolute Gasteiger partial charge is 0.350 e. The van der Waals surface area contributed by atoms with Crippen molar-refractivity contribution in [2.24, 2.45) is 0 Å². The van der Waals surface area contributed by atoms with Crippen LogP contribution in [0.3, 0.4) is 0 Å². The van der Waals surface area contributed by atoms with E-state index >= 15 is 0 Å². The van der Waals surface area contributed by atoms with Crippen LogP contribution in [0.25, 0.3) is 0 Å². The van der Waals surface area contributed by atoms with E-state index in [4.69, 9.17) is 0 Å². The van der Waals surface area contributed by atoms with Gasteiger partial charge in [-0.2, -0.15) is 0 Å². The number of hydrogen-bond acceptors (Lipinski definition) is 4. The number of nitrogens with one attached hydrogen (secondary N) is 2. The molecule has 1 aromatic heterocycles. The normalized spacial score (nSPS) is 14.6. The van der Waals surface area contributed by atoms with Gasteiger partial charge in [-0.25, -0.2) is 14.4 Å². The summed E-state index contributed by atoms with van der Waals surface area (Å²) in [7, 11) is 0. The Morgan fingerprint density at radius 2 is 2.00 bits per heavy atom. The van der Waals surface area contributed by atoms with E-state index < -0.39 is 0 Å². The average molecular weight is 328 g/mol. The summed E-state index contributed by atoms with van der Waals surface area (Å²) in [5, 5.41) is 6.00. The molecule has 6 heteroatoms. The van der Waals surface area contributed by atoms with Crippen molar-refractivity contribution in [3.63, 3.8) is 0 Å². The van der Waals surface area contributed by atoms with Crippen molar-refractivity contribution >= 4 is 11.9 Å². The van der Waals surface area contributed by atoms with Gasteiger partial charge in [-0.1, -0.05) is 31.0 Å². The molecule has 0 aliphatic heterocycles. The fourth-order valence-corrected chi connectivity index (χ4v) is 2.91. The van der Waals surface area contributed by atoms with Gasteiger partial charge in [0.15, 0.2) is 0 Å². The molecule has 1 fully saturated rings. The summed E-state index contributed by atoms with van der Waals surface area (Å²) in [5.41, 5.74) is 1.56. The highest BCUT2D eigenvalue weighted by Gasteiger charge is 2.19. The van der Waals surface area contributed by atoms with Crippen LogP contribution in [0.1, 0.15) is 47.4 Å². The van der Waals surface area contributed by atoms with Crippen LogP contribution in [0, 0.1) is 12.7 Å². The molecule has 1 amide bonds. The first-order valence-electron chi connectivity index (χ1n) is 8.25. The van der Waals surface area contributed by atoms with Gasteiger partial charge in [0.2, 0.25) is 5.95 Å². The van der Waals surface area contributed by atoms with Gasteiger partial charge in [0, 0.05) is 23.8 Å². The number of anilines is 1. The molecule has 3 rings (SSSR count). The first kappa shape index (κ1) is 16.4. The molecule has 1 aliphatic rings. The van der Waals surface area contributed by atoms with Crippen LogP contribution in [-0.4, -0.2) is 21.9 Å². The molecule has 1 heterocycles. The minimum absolute atomic E-state index is 0.179. The number of hydrogen-bond donors (Lipinski definition) is 2. The van der Waals surface area contributed by atoms with Gasteiger partial charge in [0.25, 0.3) is 5.91 Å². The van der Waals surface area contributed by atoms with Crippen LogP contribution in [0.15, 0.2) is 30.3 Å². The number of benzene rings is 1. The number of aromatic nitrogens is 2. The SMILES string of the molecule is Cc1cc(C(=O)NC2CCCC2)nc(NCc2ccccc2F)n1. The maximum Gasteiger partial charge on any atom is 0.270 e. The van der Waals surface area contributed by atoms with Crippen LogP contribution in [0.5, 0.6) is 0 Å². The number of rotatable bonds is 5. The Kier molecular flexibility index (Phi) is 5.03. The molecule has 0 atom stereocenters. The van der Waals surface area contributed by atoms with Gasteiger partial charge in [0.1, 0.15) is 11.5 Å². The van der Waals surface area contributed by atoms with Crippen molar-refractivity contribution in [1.29, 1.82) is 0 Å². The minimum Gasteiger partial charge on any atom is -0.350 e. The first-order valence-corrected chi connectivity index (χ1v) is 8.25. The van der Waals surface area contributed by atoms with Gasteiger partial charge in [-0.3, -0.25) is 4.79 Å². The molecule has 1 aliphatic carbocycles. The Morgan fingerprint density at radius 1 is 1.25 bits per heavy atom. The fraction of sp³-hybridized carbons (Fsp3) is 0.389. The highest BCUT2D eigenvalue weighted by Crippen LogP contribution is 2.18. The molecule has 0 unspecified atom stereocenters. The summed E-state index contributed by atoms with van der Waals surface area (Å²) >= 11 is 0. The third-order valence-corrected chi connectivity index (χ3v) is 4.17. The first-order chi connectivity index (χ1) is 11.6. The Balaban J connectivity index is 1.69. The van der Waals surface area contributed by atoms with E-state index in [1.165, 1.54) is 6.07 Å². The molecular formula is C18H21FN4O. The van der Waals surface area contributed by atoms with Crippen LogP contribution >= 0.6 is 0 Å². The minimum atomic E-state index is -0.281. The standard InChI is InChI=1S/C18H21FN4O/c1-12-10-16(17(24)22-14-7-3-4-8-14)23-18(21-12)20-11-13-6-2-5-9-15(13)19/h2,5-6,9-10,14H,3-4,7-8,11H2,1H3,(H,22,24)(H,20,21,23). The molecule has 126 valence electrons. The van der Waals surface area contributed by atoms with Crippen molar-refractivity contribution in [2.45, 2.75) is 45.2 Å². The van der Waals surface area contributed by atoms with Crippen LogP contribution < -0.4 is 10.6 Å². The zero-order valence-corrected chi connectivity index (χ0v) is 13.7. The Labute approximate surface area is 140 Å². The summed E-state index contributed by atoms with van der Waals surface area (Å²) in [6, 6.07) is 8.44. The van der Waals surface area contributed by atoms with Crippen molar-refractivity contribution in [3.05, 3.63) is 53.1 Å². The van der Waals surface area contributed by atoms with Crippen LogP contribution in [0.4, 0.5) is 10.3 Å². The number of nitrogens with zero attached hydrogens (tertiary/aromatic N) is 2. The second kappa shape index (κ2) is 7.38. The Morgan fingerprint density at radius 3 is 2.75 bits per heavy atom. The number of carbonyl (C=O) groups excluding carboxylic acids is 1. The Hall–Kier alpha value is -2.50. The lowest BCUT2D eigenvalue weighted by Crippen LogP contribution is -2.33. The highest BCUT2D eigenvalue weighted by molar-refractivity contribution is 5.92. The zero-order valence-electron chi connectivity index (χ0n) is 13.7. The zero-order chi connectivity index (χ0) is 16.9. The quantitative estimate of drug-likeness (QED) is 0.884. The lowest BCUT2D eigenvalue weighted by atomic mass is 10.2. The monoisotopic (exact) mass is 328 g/mol. The predicted octanol–water partition coefficient (Wildman–Crippen LogP) is 3.21. The van der Waals surface area contributed by atoms with E-state index in [-0.39, 0.29) is 24.3 Å². The molecular weight excluding hydrogens is 307 g/mol. The molecule has 1 saturated carbocycles. The third-order valence-electron chi connectivity index (χ3n) is 4.17. The molecule has 0 saturated heterocycles. The van der Waals surface area contributed by atoms with E-state index in [0.717, 1.165) is 25.7 Å². The average Bonchev–Trinajstić information content (AvgIpc) is 3.06. The second-order valence-electron chi connectivity index (χ2n) is 6.12. The van der Waals surface area contributed by atoms with E-state index in [2.05, 4.69) is 20.6 Å². The smallest absolute Gasteiger partial charge is 0.270 e. The molecule has 1 aromatic carbocycles. The molecule has 2 N–H and O–H groups in total. The van der Waals surface area contributed by atoms with Gasteiger partial charge in [0.05, 0.1) is 0 Å². The summed E-state index contributed by atoms with van der Waals surface area (Å²) in [5.74, 6) is -0.131. The lowest BCUT2D eigenvalue weighted by Gasteiger charge is -2.13. The van der Waals surface area contributed by atoms with Gasteiger partial charge < -0.3 is 10.6 Å². The molecule has 5 nitrogen and oxygen atoms in total. The molecule has 0 spiro atoms. The van der Waals surface area contributed by atoms with E-state index in [1.54, 1.807) is 24.3 Å². The molecule has 2 aromatic rings. The van der Waals surface area contributed by atoms with Crippen LogP contribution in [-0.2, 0) is 6.54 Å². The van der Waals surface area contributed by atoms with Crippen molar-refractivity contribution in [2.75, 3.05) is 5.32 Å². The van der Waals surface area contributed by atoms with Gasteiger partial charge in [-0.15, -0.1) is 0 Å².